The smallest absolute Gasteiger partial charge is 0.246 e. The number of fused-ring (bicyclic) bond motifs is 3. The normalized spacial score (nSPS) is 27.0. The first-order valence-electron chi connectivity index (χ1n) is 7.22. The van der Waals surface area contributed by atoms with Crippen LogP contribution in [0.1, 0.15) is 0 Å². The fraction of sp³-hybridized carbons (Fsp3) is 0.571. The molecular weight excluding hydrogens is 333 g/mol. The predicted molar refractivity (Wildman–Crippen MR) is 75.8 cm³/mol. The molecule has 1 aromatic rings. The van der Waals surface area contributed by atoms with Gasteiger partial charge in [-0.25, -0.2) is 21.6 Å². The molecule has 0 aromatic heterocycles. The lowest BCUT2D eigenvalue weighted by atomic mass is 10.1. The van der Waals surface area contributed by atoms with Crippen molar-refractivity contribution in [3.8, 4) is 0 Å². The molecular formula is C14H17F3N2O3S. The molecule has 0 saturated carbocycles. The van der Waals surface area contributed by atoms with E-state index in [0.717, 1.165) is 10.4 Å². The quantitative estimate of drug-likeness (QED) is 0.749. The molecule has 0 spiro atoms. The van der Waals surface area contributed by atoms with Crippen LogP contribution < -0.4 is 0 Å². The fourth-order valence-corrected chi connectivity index (χ4v) is 4.66. The van der Waals surface area contributed by atoms with Crippen molar-refractivity contribution < 1.29 is 26.3 Å². The molecule has 128 valence electrons. The number of rotatable bonds is 2. The first-order valence-corrected chi connectivity index (χ1v) is 8.66. The molecule has 2 fully saturated rings. The van der Waals surface area contributed by atoms with Gasteiger partial charge < -0.3 is 4.74 Å². The van der Waals surface area contributed by atoms with E-state index < -0.39 is 32.4 Å². The number of nitrogens with zero attached hydrogens (tertiary/aromatic N) is 2. The summed E-state index contributed by atoms with van der Waals surface area (Å²) < 4.78 is 72.4. The van der Waals surface area contributed by atoms with Crippen LogP contribution in [-0.2, 0) is 14.8 Å². The van der Waals surface area contributed by atoms with E-state index in [1.807, 2.05) is 11.9 Å². The van der Waals surface area contributed by atoms with E-state index in [-0.39, 0.29) is 25.0 Å². The molecule has 0 radical (unpaired) electrons. The molecule has 2 saturated heterocycles. The van der Waals surface area contributed by atoms with Gasteiger partial charge in [0.1, 0.15) is 4.90 Å². The van der Waals surface area contributed by atoms with E-state index in [4.69, 9.17) is 4.74 Å². The van der Waals surface area contributed by atoms with Gasteiger partial charge in [-0.05, 0) is 19.2 Å². The van der Waals surface area contributed by atoms with Crippen LogP contribution in [-0.4, -0.2) is 63.6 Å². The molecule has 23 heavy (non-hydrogen) atoms. The van der Waals surface area contributed by atoms with Crippen molar-refractivity contribution in [1.29, 1.82) is 0 Å². The molecule has 2 heterocycles. The monoisotopic (exact) mass is 350 g/mol. The predicted octanol–water partition coefficient (Wildman–Crippen LogP) is 1.06. The minimum Gasteiger partial charge on any atom is -0.379 e. The van der Waals surface area contributed by atoms with Crippen molar-refractivity contribution in [2.45, 2.75) is 10.9 Å². The van der Waals surface area contributed by atoms with Crippen LogP contribution in [0.5, 0.6) is 0 Å². The van der Waals surface area contributed by atoms with E-state index in [9.17, 15) is 21.6 Å². The van der Waals surface area contributed by atoms with E-state index in [2.05, 4.69) is 0 Å². The fourth-order valence-electron chi connectivity index (χ4n) is 3.05. The van der Waals surface area contributed by atoms with Gasteiger partial charge in [0, 0.05) is 31.6 Å². The lowest BCUT2D eigenvalue weighted by Gasteiger charge is -2.29. The standard InChI is InChI=1S/C14H17F3N2O3S/c1-18-4-9-5-19(6-10(18)8-22-7-9)23(20,21)12-3-2-11(15)13(16)14(12)17/h2-3,9-10H,4-8H2,1H3/t9-,10+/m1/s1. The van der Waals surface area contributed by atoms with Gasteiger partial charge >= 0.3 is 0 Å². The molecule has 2 aliphatic rings. The van der Waals surface area contributed by atoms with Crippen LogP contribution in [0.3, 0.4) is 0 Å². The third kappa shape index (κ3) is 2.98. The molecule has 1 aromatic carbocycles. The summed E-state index contributed by atoms with van der Waals surface area (Å²) in [6.45, 7) is 1.72. The van der Waals surface area contributed by atoms with Crippen LogP contribution in [0, 0.1) is 23.4 Å². The number of ether oxygens (including phenoxy) is 1. The average Bonchev–Trinajstić information content (AvgIpc) is 2.73. The Balaban J connectivity index is 1.98. The Labute approximate surface area is 132 Å². The van der Waals surface area contributed by atoms with Gasteiger partial charge in [-0.15, -0.1) is 0 Å². The van der Waals surface area contributed by atoms with Gasteiger partial charge in [0.15, 0.2) is 17.5 Å². The van der Waals surface area contributed by atoms with Crippen molar-refractivity contribution in [2.75, 3.05) is 39.9 Å². The van der Waals surface area contributed by atoms with Crippen molar-refractivity contribution in [3.63, 3.8) is 0 Å². The van der Waals surface area contributed by atoms with Crippen LogP contribution >= 0.6 is 0 Å². The molecule has 0 aliphatic carbocycles. The zero-order chi connectivity index (χ0) is 16.8. The van der Waals surface area contributed by atoms with Crippen LogP contribution in [0.2, 0.25) is 0 Å². The molecule has 9 heteroatoms. The van der Waals surface area contributed by atoms with Crippen molar-refractivity contribution in [1.82, 2.24) is 9.21 Å². The highest BCUT2D eigenvalue weighted by Gasteiger charge is 2.38. The van der Waals surface area contributed by atoms with Gasteiger partial charge in [-0.3, -0.25) is 4.90 Å². The Hall–Kier alpha value is -1.16. The molecule has 2 atom stereocenters. The minimum absolute atomic E-state index is 0.0596. The average molecular weight is 350 g/mol. The van der Waals surface area contributed by atoms with Gasteiger partial charge in [-0.2, -0.15) is 4.31 Å². The molecule has 2 bridgehead atoms. The summed E-state index contributed by atoms with van der Waals surface area (Å²) in [5.41, 5.74) is 0. The lowest BCUT2D eigenvalue weighted by molar-refractivity contribution is 0.0727. The summed E-state index contributed by atoms with van der Waals surface area (Å²) >= 11 is 0. The topological polar surface area (TPSA) is 49.9 Å². The number of hydrogen-bond acceptors (Lipinski definition) is 4. The van der Waals surface area contributed by atoms with Crippen LogP contribution in [0.4, 0.5) is 13.2 Å². The third-order valence-electron chi connectivity index (χ3n) is 4.33. The maximum absolute atomic E-state index is 13.9. The highest BCUT2D eigenvalue weighted by atomic mass is 32.2. The second-order valence-corrected chi connectivity index (χ2v) is 7.90. The molecule has 0 amide bonds. The summed E-state index contributed by atoms with van der Waals surface area (Å²) in [7, 11) is -2.38. The Bertz CT molecular complexity index is 713. The zero-order valence-corrected chi connectivity index (χ0v) is 13.3. The second-order valence-electron chi connectivity index (χ2n) is 5.99. The summed E-state index contributed by atoms with van der Waals surface area (Å²) in [6.07, 6.45) is 0. The first kappa shape index (κ1) is 16.7. The summed E-state index contributed by atoms with van der Waals surface area (Å²) in [5, 5.41) is 0. The SMILES string of the molecule is CN1C[C@H]2COC[C@@H]1CN(S(=O)(=O)c1ccc(F)c(F)c1F)C2. The van der Waals surface area contributed by atoms with E-state index in [1.165, 1.54) is 0 Å². The van der Waals surface area contributed by atoms with Gasteiger partial charge in [0.05, 0.1) is 13.2 Å². The third-order valence-corrected chi connectivity index (χ3v) is 6.18. The Morgan fingerprint density at radius 2 is 1.83 bits per heavy atom. The number of likely N-dealkylation sites (N-methyl/N-ethyl adjacent to an activating group) is 1. The number of sulfonamides is 1. The van der Waals surface area contributed by atoms with Crippen molar-refractivity contribution >= 4 is 10.0 Å². The number of benzene rings is 1. The van der Waals surface area contributed by atoms with Crippen molar-refractivity contribution in [3.05, 3.63) is 29.6 Å². The lowest BCUT2D eigenvalue weighted by Crippen LogP contribution is -2.44. The Kier molecular flexibility index (Phi) is 4.39. The first-order chi connectivity index (χ1) is 10.8. The second kappa shape index (κ2) is 6.04. The number of hydrogen-bond donors (Lipinski definition) is 0. The highest BCUT2D eigenvalue weighted by Crippen LogP contribution is 2.27. The molecule has 0 N–H and O–H groups in total. The van der Waals surface area contributed by atoms with E-state index >= 15 is 0 Å². The zero-order valence-electron chi connectivity index (χ0n) is 12.5. The molecule has 0 unspecified atom stereocenters. The Morgan fingerprint density at radius 3 is 2.57 bits per heavy atom. The summed E-state index contributed by atoms with van der Waals surface area (Å²) in [5.74, 6) is -4.93. The maximum atomic E-state index is 13.9. The van der Waals surface area contributed by atoms with Crippen LogP contribution in [0.15, 0.2) is 17.0 Å². The van der Waals surface area contributed by atoms with Gasteiger partial charge in [-0.1, -0.05) is 0 Å². The van der Waals surface area contributed by atoms with E-state index in [1.54, 1.807) is 0 Å². The molecule has 5 nitrogen and oxygen atoms in total. The number of halogens is 3. The maximum Gasteiger partial charge on any atom is 0.246 e. The van der Waals surface area contributed by atoms with Gasteiger partial charge in [0.25, 0.3) is 0 Å². The van der Waals surface area contributed by atoms with E-state index in [0.29, 0.717) is 25.8 Å². The Morgan fingerprint density at radius 1 is 1.09 bits per heavy atom. The molecule has 2 aliphatic heterocycles. The van der Waals surface area contributed by atoms with Crippen molar-refractivity contribution in [2.24, 2.45) is 5.92 Å². The molecule has 3 rings (SSSR count). The highest BCUT2D eigenvalue weighted by molar-refractivity contribution is 7.89. The summed E-state index contributed by atoms with van der Waals surface area (Å²) in [6, 6.07) is 1.23. The minimum atomic E-state index is -4.25. The largest absolute Gasteiger partial charge is 0.379 e. The summed E-state index contributed by atoms with van der Waals surface area (Å²) in [4.78, 5) is 1.18. The van der Waals surface area contributed by atoms with Crippen LogP contribution in [0.25, 0.3) is 0 Å². The van der Waals surface area contributed by atoms with Gasteiger partial charge in [0.2, 0.25) is 10.0 Å².